The summed E-state index contributed by atoms with van der Waals surface area (Å²) in [7, 11) is 0. The van der Waals surface area contributed by atoms with Crippen LogP contribution in [0.4, 0.5) is 0 Å². The molecule has 0 radical (unpaired) electrons. The van der Waals surface area contributed by atoms with Crippen LogP contribution < -0.4 is 10.6 Å². The molecule has 6 nitrogen and oxygen atoms in total. The molecule has 1 saturated carbocycles. The molecule has 1 amide bonds. The molecule has 1 aliphatic carbocycles. The van der Waals surface area contributed by atoms with Crippen LogP contribution in [-0.4, -0.2) is 55.6 Å². The topological polar surface area (TPSA) is 66.0 Å². The lowest BCUT2D eigenvalue weighted by Gasteiger charge is -2.21. The average Bonchev–Trinajstić information content (AvgIpc) is 3.34. The molecule has 1 atom stereocenters. The highest BCUT2D eigenvalue weighted by atomic mass is 16.5. The van der Waals surface area contributed by atoms with Gasteiger partial charge in [-0.1, -0.05) is 30.3 Å². The highest BCUT2D eigenvalue weighted by molar-refractivity contribution is 5.85. The van der Waals surface area contributed by atoms with Crippen molar-refractivity contribution < 1.29 is 9.53 Å². The average molecular weight is 358 g/mol. The van der Waals surface area contributed by atoms with Crippen molar-refractivity contribution >= 4 is 11.9 Å². The molecule has 2 aliphatic rings. The molecule has 1 unspecified atom stereocenters. The molecular formula is C20H30N4O2. The summed E-state index contributed by atoms with van der Waals surface area (Å²) in [5.41, 5.74) is 1.21. The zero-order valence-corrected chi connectivity index (χ0v) is 15.6. The van der Waals surface area contributed by atoms with Gasteiger partial charge in [-0.25, -0.2) is 4.99 Å². The number of aliphatic imine (C=N–C) groups is 1. The van der Waals surface area contributed by atoms with Crippen LogP contribution >= 0.6 is 0 Å². The third-order valence-electron chi connectivity index (χ3n) is 4.70. The first kappa shape index (κ1) is 18.7. The number of hydrogen-bond donors (Lipinski definition) is 2. The van der Waals surface area contributed by atoms with E-state index >= 15 is 0 Å². The summed E-state index contributed by atoms with van der Waals surface area (Å²) in [5, 5.41) is 6.29. The fourth-order valence-electron chi connectivity index (χ4n) is 3.15. The van der Waals surface area contributed by atoms with Crippen LogP contribution in [0.15, 0.2) is 35.3 Å². The summed E-state index contributed by atoms with van der Waals surface area (Å²) >= 11 is 0. The van der Waals surface area contributed by atoms with E-state index in [0.29, 0.717) is 18.6 Å². The summed E-state index contributed by atoms with van der Waals surface area (Å²) < 4.78 is 5.89. The van der Waals surface area contributed by atoms with Gasteiger partial charge in [0.2, 0.25) is 5.91 Å². The maximum atomic E-state index is 11.9. The van der Waals surface area contributed by atoms with E-state index in [-0.39, 0.29) is 12.5 Å². The third-order valence-corrected chi connectivity index (χ3v) is 4.70. The Kier molecular flexibility index (Phi) is 6.89. The molecule has 6 heteroatoms. The Morgan fingerprint density at radius 3 is 2.81 bits per heavy atom. The van der Waals surface area contributed by atoms with Crippen molar-refractivity contribution in [3.05, 3.63) is 35.9 Å². The highest BCUT2D eigenvalue weighted by Crippen LogP contribution is 2.19. The number of ether oxygens (including phenoxy) is 1. The number of amides is 1. The molecular weight excluding hydrogens is 328 g/mol. The van der Waals surface area contributed by atoms with Crippen LogP contribution in [0, 0.1) is 5.92 Å². The lowest BCUT2D eigenvalue weighted by Crippen LogP contribution is -2.41. The van der Waals surface area contributed by atoms with Gasteiger partial charge in [0.15, 0.2) is 5.96 Å². The largest absolute Gasteiger partial charge is 0.376 e. The van der Waals surface area contributed by atoms with Gasteiger partial charge in [0.05, 0.1) is 13.2 Å². The van der Waals surface area contributed by atoms with Crippen LogP contribution in [0.5, 0.6) is 0 Å². The Morgan fingerprint density at radius 2 is 2.08 bits per heavy atom. The third kappa shape index (κ3) is 6.02. The number of carbonyl (C=O) groups excluding carboxylic acids is 1. The molecule has 0 spiro atoms. The van der Waals surface area contributed by atoms with Gasteiger partial charge in [-0.05, 0) is 31.7 Å². The number of benzene rings is 1. The SMILES string of the molecule is CCNC(=NCC(=O)NC1CC1)N1CCC(COCc2ccccc2)C1. The second-order valence-electron chi connectivity index (χ2n) is 7.11. The number of nitrogens with zero attached hydrogens (tertiary/aromatic N) is 2. The van der Waals surface area contributed by atoms with Crippen molar-refractivity contribution in [3.8, 4) is 0 Å². The van der Waals surface area contributed by atoms with Crippen LogP contribution in [0.3, 0.4) is 0 Å². The Balaban J connectivity index is 1.42. The van der Waals surface area contributed by atoms with Crippen molar-refractivity contribution in [2.24, 2.45) is 10.9 Å². The van der Waals surface area contributed by atoms with E-state index in [1.54, 1.807) is 0 Å². The molecule has 1 aromatic carbocycles. The second-order valence-corrected chi connectivity index (χ2v) is 7.11. The van der Waals surface area contributed by atoms with Crippen molar-refractivity contribution in [1.82, 2.24) is 15.5 Å². The van der Waals surface area contributed by atoms with E-state index in [9.17, 15) is 4.79 Å². The Morgan fingerprint density at radius 1 is 1.27 bits per heavy atom. The normalized spacial score (nSPS) is 20.3. The van der Waals surface area contributed by atoms with Crippen LogP contribution in [0.1, 0.15) is 31.7 Å². The van der Waals surface area contributed by atoms with E-state index in [1.807, 2.05) is 18.2 Å². The Hall–Kier alpha value is -2.08. The van der Waals surface area contributed by atoms with E-state index in [0.717, 1.165) is 51.5 Å². The first-order valence-electron chi connectivity index (χ1n) is 9.69. The molecule has 0 bridgehead atoms. The minimum atomic E-state index is 0.0184. The van der Waals surface area contributed by atoms with Gasteiger partial charge >= 0.3 is 0 Å². The smallest absolute Gasteiger partial charge is 0.242 e. The maximum absolute atomic E-state index is 11.9. The molecule has 1 aromatic rings. The van der Waals surface area contributed by atoms with Crippen LogP contribution in [0.2, 0.25) is 0 Å². The van der Waals surface area contributed by atoms with Gasteiger partial charge in [-0.15, -0.1) is 0 Å². The predicted octanol–water partition coefficient (Wildman–Crippen LogP) is 1.77. The predicted molar refractivity (Wildman–Crippen MR) is 103 cm³/mol. The molecule has 26 heavy (non-hydrogen) atoms. The number of nitrogens with one attached hydrogen (secondary N) is 2. The standard InChI is InChI=1S/C20H30N4O2/c1-2-21-20(22-12-19(25)23-18-8-9-18)24-11-10-17(13-24)15-26-14-16-6-4-3-5-7-16/h3-7,17-18H,2,8-15H2,1H3,(H,21,22)(H,23,25). The molecule has 1 aliphatic heterocycles. The van der Waals surface area contributed by atoms with Gasteiger partial charge in [0, 0.05) is 31.6 Å². The van der Waals surface area contributed by atoms with E-state index in [2.05, 4.69) is 39.6 Å². The number of guanidine groups is 1. The Bertz CT molecular complexity index is 601. The quantitative estimate of drug-likeness (QED) is 0.549. The molecule has 0 aromatic heterocycles. The first-order chi connectivity index (χ1) is 12.7. The van der Waals surface area contributed by atoms with E-state index in [4.69, 9.17) is 4.74 Å². The van der Waals surface area contributed by atoms with Gasteiger partial charge < -0.3 is 20.3 Å². The van der Waals surface area contributed by atoms with Crippen molar-refractivity contribution in [2.45, 2.75) is 38.8 Å². The van der Waals surface area contributed by atoms with Crippen molar-refractivity contribution in [1.29, 1.82) is 0 Å². The van der Waals surface area contributed by atoms with Crippen LogP contribution in [-0.2, 0) is 16.1 Å². The maximum Gasteiger partial charge on any atom is 0.242 e. The molecule has 2 fully saturated rings. The lowest BCUT2D eigenvalue weighted by molar-refractivity contribution is -0.119. The zero-order valence-electron chi connectivity index (χ0n) is 15.6. The van der Waals surface area contributed by atoms with Gasteiger partial charge in [0.25, 0.3) is 0 Å². The van der Waals surface area contributed by atoms with Gasteiger partial charge in [0.1, 0.15) is 6.54 Å². The molecule has 1 saturated heterocycles. The van der Waals surface area contributed by atoms with Crippen molar-refractivity contribution in [3.63, 3.8) is 0 Å². The van der Waals surface area contributed by atoms with Gasteiger partial charge in [-0.2, -0.15) is 0 Å². The summed E-state index contributed by atoms with van der Waals surface area (Å²) in [5.74, 6) is 1.36. The fraction of sp³-hybridized carbons (Fsp3) is 0.600. The number of hydrogen-bond acceptors (Lipinski definition) is 3. The summed E-state index contributed by atoms with van der Waals surface area (Å²) in [6.45, 7) is 6.34. The minimum Gasteiger partial charge on any atom is -0.376 e. The van der Waals surface area contributed by atoms with Gasteiger partial charge in [-0.3, -0.25) is 4.79 Å². The summed E-state index contributed by atoms with van der Waals surface area (Å²) in [6, 6.07) is 10.7. The molecule has 1 heterocycles. The first-order valence-corrected chi connectivity index (χ1v) is 9.69. The van der Waals surface area contributed by atoms with E-state index < -0.39 is 0 Å². The zero-order chi connectivity index (χ0) is 18.2. The minimum absolute atomic E-state index is 0.0184. The fourth-order valence-corrected chi connectivity index (χ4v) is 3.15. The Labute approximate surface area is 156 Å². The number of likely N-dealkylation sites (tertiary alicyclic amines) is 1. The second kappa shape index (κ2) is 9.57. The lowest BCUT2D eigenvalue weighted by atomic mass is 10.1. The van der Waals surface area contributed by atoms with Crippen LogP contribution in [0.25, 0.3) is 0 Å². The van der Waals surface area contributed by atoms with E-state index in [1.165, 1.54) is 5.56 Å². The summed E-state index contributed by atoms with van der Waals surface area (Å²) in [6.07, 6.45) is 3.30. The van der Waals surface area contributed by atoms with Crippen molar-refractivity contribution in [2.75, 3.05) is 32.8 Å². The molecule has 2 N–H and O–H groups in total. The highest BCUT2D eigenvalue weighted by Gasteiger charge is 2.26. The molecule has 142 valence electrons. The molecule has 3 rings (SSSR count). The number of carbonyl (C=O) groups is 1. The number of rotatable bonds is 8. The summed E-state index contributed by atoms with van der Waals surface area (Å²) in [4.78, 5) is 18.6. The monoisotopic (exact) mass is 358 g/mol.